The van der Waals surface area contributed by atoms with Crippen LogP contribution in [0.15, 0.2) is 48.5 Å². The normalized spacial score (nSPS) is 26.2. The number of carbonyl (C=O) groups excluding carboxylic acids is 2. The highest BCUT2D eigenvalue weighted by molar-refractivity contribution is 5.86. The molecule has 6 heteroatoms. The maximum Gasteiger partial charge on any atom is 0.408 e. The third kappa shape index (κ3) is 3.90. The maximum atomic E-state index is 13.1. The van der Waals surface area contributed by atoms with Gasteiger partial charge in [-0.05, 0) is 61.9 Å². The molecule has 2 unspecified atom stereocenters. The van der Waals surface area contributed by atoms with Crippen molar-refractivity contribution in [3.05, 3.63) is 59.7 Å². The van der Waals surface area contributed by atoms with Gasteiger partial charge in [0.15, 0.2) is 0 Å². The van der Waals surface area contributed by atoms with Crippen LogP contribution in [0.5, 0.6) is 0 Å². The summed E-state index contributed by atoms with van der Waals surface area (Å²) in [6, 6.07) is 17.0. The van der Waals surface area contributed by atoms with Gasteiger partial charge in [-0.25, -0.2) is 9.59 Å². The van der Waals surface area contributed by atoms with Crippen molar-refractivity contribution in [2.75, 3.05) is 20.3 Å². The largest absolute Gasteiger partial charge is 0.464 e. The molecule has 2 aromatic rings. The van der Waals surface area contributed by atoms with Crippen LogP contribution in [0.3, 0.4) is 0 Å². The topological polar surface area (TPSA) is 67.9 Å². The minimum Gasteiger partial charge on any atom is -0.464 e. The smallest absolute Gasteiger partial charge is 0.408 e. The van der Waals surface area contributed by atoms with Crippen LogP contribution in [0.1, 0.15) is 56.1 Å². The molecule has 5 rings (SSSR count). The summed E-state index contributed by atoms with van der Waals surface area (Å²) >= 11 is 0. The molecule has 2 heterocycles. The molecule has 1 N–H and O–H groups in total. The van der Waals surface area contributed by atoms with E-state index in [1.165, 1.54) is 22.3 Å². The van der Waals surface area contributed by atoms with Crippen LogP contribution in [0.2, 0.25) is 0 Å². The van der Waals surface area contributed by atoms with Gasteiger partial charge in [-0.2, -0.15) is 0 Å². The molecule has 0 radical (unpaired) electrons. The van der Waals surface area contributed by atoms with Gasteiger partial charge >= 0.3 is 12.1 Å². The number of hydrogen-bond acceptors (Lipinski definition) is 5. The minimum atomic E-state index is -1.03. The van der Waals surface area contributed by atoms with Crippen molar-refractivity contribution in [3.8, 4) is 11.1 Å². The van der Waals surface area contributed by atoms with Crippen molar-refractivity contribution in [3.63, 3.8) is 0 Å². The summed E-state index contributed by atoms with van der Waals surface area (Å²) in [5, 5.41) is 2.98. The number of amides is 1. The fourth-order valence-electron chi connectivity index (χ4n) is 6.09. The quantitative estimate of drug-likeness (QED) is 0.684. The number of piperidine rings is 2. The number of hydrogen-bond donors (Lipinski definition) is 1. The molecular weight excluding hydrogens is 416 g/mol. The lowest BCUT2D eigenvalue weighted by Gasteiger charge is -2.51. The zero-order chi connectivity index (χ0) is 23.0. The third-order valence-electron chi connectivity index (χ3n) is 7.75. The summed E-state index contributed by atoms with van der Waals surface area (Å²) in [6.45, 7) is 2.32. The molecule has 174 valence electrons. The van der Waals surface area contributed by atoms with Gasteiger partial charge in [0.2, 0.25) is 0 Å². The van der Waals surface area contributed by atoms with E-state index in [2.05, 4.69) is 41.5 Å². The number of benzene rings is 2. The number of nitrogens with zero attached hydrogens (tertiary/aromatic N) is 1. The first-order valence-electron chi connectivity index (χ1n) is 12.0. The fraction of sp³-hybridized carbons (Fsp3) is 0.481. The number of carbonyl (C=O) groups is 2. The molecule has 33 heavy (non-hydrogen) atoms. The number of rotatable bonds is 5. The Hall–Kier alpha value is -2.86. The average molecular weight is 449 g/mol. The van der Waals surface area contributed by atoms with E-state index in [9.17, 15) is 9.59 Å². The summed E-state index contributed by atoms with van der Waals surface area (Å²) in [4.78, 5) is 28.5. The molecule has 1 amide bonds. The highest BCUT2D eigenvalue weighted by Gasteiger charge is 2.51. The zero-order valence-electron chi connectivity index (χ0n) is 19.4. The molecule has 2 aliphatic heterocycles. The van der Waals surface area contributed by atoms with E-state index in [1.807, 2.05) is 24.3 Å². The molecule has 2 fully saturated rings. The SMILES string of the molecule is CCOC(=O)C1(NC(=O)OCC2c3ccccc3-c3ccccc32)CC2CCCC(C1)N2C. The van der Waals surface area contributed by atoms with E-state index in [1.54, 1.807) is 6.92 Å². The molecule has 0 aromatic heterocycles. The second kappa shape index (κ2) is 8.82. The monoisotopic (exact) mass is 448 g/mol. The Balaban J connectivity index is 1.33. The van der Waals surface area contributed by atoms with Crippen LogP contribution in [-0.4, -0.2) is 54.8 Å². The molecule has 2 bridgehead atoms. The minimum absolute atomic E-state index is 0.0152. The lowest BCUT2D eigenvalue weighted by molar-refractivity contribution is -0.156. The van der Waals surface area contributed by atoms with Crippen LogP contribution < -0.4 is 5.32 Å². The van der Waals surface area contributed by atoms with Gasteiger partial charge in [-0.15, -0.1) is 0 Å². The Morgan fingerprint density at radius 1 is 0.970 bits per heavy atom. The van der Waals surface area contributed by atoms with Crippen molar-refractivity contribution in [1.29, 1.82) is 0 Å². The van der Waals surface area contributed by atoms with Gasteiger partial charge in [0, 0.05) is 18.0 Å². The van der Waals surface area contributed by atoms with Crippen LogP contribution in [0.25, 0.3) is 11.1 Å². The van der Waals surface area contributed by atoms with E-state index in [-0.39, 0.29) is 37.2 Å². The molecule has 3 aliphatic rings. The molecule has 0 spiro atoms. The van der Waals surface area contributed by atoms with E-state index >= 15 is 0 Å². The lowest BCUT2D eigenvalue weighted by atomic mass is 9.73. The van der Waals surface area contributed by atoms with Crippen LogP contribution >= 0.6 is 0 Å². The highest BCUT2D eigenvalue weighted by atomic mass is 16.6. The van der Waals surface area contributed by atoms with E-state index in [4.69, 9.17) is 9.47 Å². The summed E-state index contributed by atoms with van der Waals surface area (Å²) in [5.41, 5.74) is 3.68. The molecule has 2 atom stereocenters. The van der Waals surface area contributed by atoms with E-state index in [0.29, 0.717) is 12.8 Å². The molecule has 1 aliphatic carbocycles. The van der Waals surface area contributed by atoms with Gasteiger partial charge in [-0.1, -0.05) is 55.0 Å². The summed E-state index contributed by atoms with van der Waals surface area (Å²) in [5.74, 6) is -0.359. The second-order valence-electron chi connectivity index (χ2n) is 9.57. The number of ether oxygens (including phenoxy) is 2. The average Bonchev–Trinajstić information content (AvgIpc) is 3.12. The first kappa shape index (κ1) is 22.0. The Morgan fingerprint density at radius 2 is 1.55 bits per heavy atom. The number of fused-ring (bicyclic) bond motifs is 5. The van der Waals surface area contributed by atoms with Gasteiger partial charge in [-0.3, -0.25) is 0 Å². The molecule has 2 aromatic carbocycles. The molecular formula is C27H32N2O4. The Kier molecular flexibility index (Phi) is 5.87. The van der Waals surface area contributed by atoms with Gasteiger partial charge in [0.1, 0.15) is 12.1 Å². The number of nitrogens with one attached hydrogen (secondary N) is 1. The first-order chi connectivity index (χ1) is 16.0. The van der Waals surface area contributed by atoms with Gasteiger partial charge in [0.05, 0.1) is 6.61 Å². The molecule has 6 nitrogen and oxygen atoms in total. The maximum absolute atomic E-state index is 13.1. The summed E-state index contributed by atoms with van der Waals surface area (Å²) < 4.78 is 11.2. The zero-order valence-corrected chi connectivity index (χ0v) is 19.4. The predicted molar refractivity (Wildman–Crippen MR) is 126 cm³/mol. The van der Waals surface area contributed by atoms with Crippen LogP contribution in [0.4, 0.5) is 4.79 Å². The Morgan fingerprint density at radius 3 is 2.12 bits per heavy atom. The lowest BCUT2D eigenvalue weighted by Crippen LogP contribution is -2.66. The van der Waals surface area contributed by atoms with Crippen molar-refractivity contribution in [1.82, 2.24) is 10.2 Å². The van der Waals surface area contributed by atoms with E-state index < -0.39 is 11.6 Å². The Labute approximate surface area is 195 Å². The van der Waals surface area contributed by atoms with Crippen LogP contribution in [0, 0.1) is 0 Å². The van der Waals surface area contributed by atoms with Gasteiger partial charge in [0.25, 0.3) is 0 Å². The first-order valence-corrected chi connectivity index (χ1v) is 12.0. The van der Waals surface area contributed by atoms with Crippen molar-refractivity contribution in [2.24, 2.45) is 0 Å². The van der Waals surface area contributed by atoms with Crippen molar-refractivity contribution < 1.29 is 19.1 Å². The number of esters is 1. The molecule has 2 saturated heterocycles. The molecule has 0 saturated carbocycles. The highest BCUT2D eigenvalue weighted by Crippen LogP contribution is 2.44. The van der Waals surface area contributed by atoms with Crippen LogP contribution in [-0.2, 0) is 14.3 Å². The Bertz CT molecular complexity index is 992. The second-order valence-corrected chi connectivity index (χ2v) is 9.57. The summed E-state index contributed by atoms with van der Waals surface area (Å²) in [7, 11) is 2.12. The standard InChI is InChI=1S/C27H32N2O4/c1-3-32-25(30)27(15-18-9-8-10-19(16-27)29(18)2)28-26(31)33-17-24-22-13-6-4-11-20(22)21-12-5-7-14-23(21)24/h4-7,11-14,18-19,24H,3,8-10,15-17H2,1-2H3,(H,28,31). The van der Waals surface area contributed by atoms with Gasteiger partial charge < -0.3 is 19.7 Å². The fourth-order valence-corrected chi connectivity index (χ4v) is 6.09. The predicted octanol–water partition coefficient (Wildman–Crippen LogP) is 4.47. The summed E-state index contributed by atoms with van der Waals surface area (Å²) in [6.07, 6.45) is 3.78. The van der Waals surface area contributed by atoms with Crippen molar-refractivity contribution in [2.45, 2.75) is 62.6 Å². The number of alkyl carbamates (subject to hydrolysis) is 1. The van der Waals surface area contributed by atoms with E-state index in [0.717, 1.165) is 19.3 Å². The third-order valence-corrected chi connectivity index (χ3v) is 7.75. The van der Waals surface area contributed by atoms with Crippen molar-refractivity contribution >= 4 is 12.1 Å².